The van der Waals surface area contributed by atoms with Crippen molar-refractivity contribution in [3.05, 3.63) is 156 Å². The van der Waals surface area contributed by atoms with Crippen molar-refractivity contribution in [2.45, 2.75) is 27.7 Å². The number of hydrogen-bond donors (Lipinski definition) is 2. The fourth-order valence-electron chi connectivity index (χ4n) is 7.44. The molecule has 68 heavy (non-hydrogen) atoms. The Morgan fingerprint density at radius 1 is 0.515 bits per heavy atom. The highest BCUT2D eigenvalue weighted by Gasteiger charge is 2.19. The van der Waals surface area contributed by atoms with E-state index in [1.165, 1.54) is 0 Å². The number of benzene rings is 4. The number of hydrogen-bond acceptors (Lipinski definition) is 16. The molecule has 4 aromatic carbocycles. The standard InChI is InChI=1S/2C25H20N8O/c1-15-10-19(18-8-9-28-29-13-18)11-16(2)22(15)34-24-21-23(27-14-33(21)3)31-25(32-24)30-20-6-4-17(12-26)5-7-20;1-15-10-19(18-8-9-28-29-13-18)11-16(2)22(15)34-24-21-23(33(3)14-27-21)31-25(32-24)30-20-6-4-17(12-26)5-7-20/h2*4-11,13-14H,1-3H3,(H,30,31,32). The summed E-state index contributed by atoms with van der Waals surface area (Å²) >= 11 is 0. The number of aryl methyl sites for hydroxylation is 6. The molecule has 10 aromatic rings. The third-order valence-corrected chi connectivity index (χ3v) is 10.8. The normalized spacial score (nSPS) is 10.8. The van der Waals surface area contributed by atoms with Gasteiger partial charge in [0, 0.05) is 36.6 Å². The van der Waals surface area contributed by atoms with Crippen molar-refractivity contribution in [3.63, 3.8) is 0 Å². The zero-order valence-electron chi connectivity index (χ0n) is 37.6. The Morgan fingerprint density at radius 3 is 1.47 bits per heavy atom. The first-order valence-corrected chi connectivity index (χ1v) is 21.1. The summed E-state index contributed by atoms with van der Waals surface area (Å²) in [5.41, 5.74) is 12.9. The largest absolute Gasteiger partial charge is 0.436 e. The summed E-state index contributed by atoms with van der Waals surface area (Å²) in [7, 11) is 3.74. The molecular formula is C50H40N16O2. The lowest BCUT2D eigenvalue weighted by molar-refractivity contribution is 0.459. The molecule has 2 N–H and O–H groups in total. The van der Waals surface area contributed by atoms with Gasteiger partial charge in [-0.1, -0.05) is 0 Å². The maximum Gasteiger partial charge on any atom is 0.252 e. The van der Waals surface area contributed by atoms with Gasteiger partial charge in [0.1, 0.15) is 11.5 Å². The number of nitrogens with one attached hydrogen (secondary N) is 2. The monoisotopic (exact) mass is 896 g/mol. The molecule has 0 unspecified atom stereocenters. The topological polar surface area (TPSA) is 229 Å². The van der Waals surface area contributed by atoms with Gasteiger partial charge in [0.2, 0.25) is 11.9 Å². The van der Waals surface area contributed by atoms with E-state index in [2.05, 4.69) is 85.2 Å². The average molecular weight is 897 g/mol. The first-order chi connectivity index (χ1) is 33.0. The molecule has 0 atom stereocenters. The van der Waals surface area contributed by atoms with Crippen LogP contribution >= 0.6 is 0 Å². The average Bonchev–Trinajstić information content (AvgIpc) is 3.93. The van der Waals surface area contributed by atoms with E-state index in [-0.39, 0.29) is 0 Å². The van der Waals surface area contributed by atoms with Crippen LogP contribution in [0.2, 0.25) is 0 Å². The van der Waals surface area contributed by atoms with Crippen LogP contribution in [-0.2, 0) is 14.1 Å². The Balaban J connectivity index is 0.000000170. The number of nitriles is 2. The van der Waals surface area contributed by atoms with Crippen LogP contribution in [0.4, 0.5) is 23.3 Å². The minimum Gasteiger partial charge on any atom is -0.436 e. The van der Waals surface area contributed by atoms with Crippen LogP contribution in [0, 0.1) is 50.4 Å². The maximum absolute atomic E-state index is 9.02. The number of anilines is 4. The molecule has 0 amide bonds. The minimum absolute atomic E-state index is 0.348. The van der Waals surface area contributed by atoms with Crippen molar-refractivity contribution in [1.82, 2.24) is 59.4 Å². The number of imidazole rings is 2. The molecule has 0 aliphatic heterocycles. The zero-order valence-corrected chi connectivity index (χ0v) is 37.6. The molecule has 0 spiro atoms. The molecule has 6 heterocycles. The summed E-state index contributed by atoms with van der Waals surface area (Å²) in [4.78, 5) is 27.2. The number of nitrogens with zero attached hydrogens (tertiary/aromatic N) is 14. The van der Waals surface area contributed by atoms with Crippen molar-refractivity contribution in [3.8, 4) is 57.7 Å². The lowest BCUT2D eigenvalue weighted by Gasteiger charge is -2.15. The molecule has 0 aliphatic rings. The summed E-state index contributed by atoms with van der Waals surface area (Å²) in [6.45, 7) is 7.98. The van der Waals surface area contributed by atoms with E-state index in [0.717, 1.165) is 61.6 Å². The van der Waals surface area contributed by atoms with Gasteiger partial charge in [0.05, 0.1) is 60.7 Å². The number of rotatable bonds is 10. The number of ether oxygens (including phenoxy) is 2. The SMILES string of the molecule is Cc1cc(-c2ccnnc2)cc(C)c1Oc1nc(Nc2ccc(C#N)cc2)nc2c1ncn2C.Cc1cc(-c2ccnnc2)cc(C)c1Oc1nc(Nc2ccc(C#N)cc2)nc2ncn(C)c12. The predicted octanol–water partition coefficient (Wildman–Crippen LogP) is 9.69. The van der Waals surface area contributed by atoms with E-state index in [1.807, 2.05) is 75.2 Å². The van der Waals surface area contributed by atoms with Gasteiger partial charge in [0.15, 0.2) is 22.3 Å². The van der Waals surface area contributed by atoms with Crippen molar-refractivity contribution in [2.24, 2.45) is 14.1 Å². The third-order valence-electron chi connectivity index (χ3n) is 10.8. The highest BCUT2D eigenvalue weighted by Crippen LogP contribution is 2.37. The Bertz CT molecular complexity index is 3500. The molecule has 18 nitrogen and oxygen atoms in total. The molecule has 0 saturated carbocycles. The van der Waals surface area contributed by atoms with E-state index in [9.17, 15) is 0 Å². The Kier molecular flexibility index (Phi) is 12.0. The first-order valence-electron chi connectivity index (χ1n) is 21.1. The second kappa shape index (κ2) is 18.8. The van der Waals surface area contributed by atoms with Gasteiger partial charge in [-0.3, -0.25) is 0 Å². The molecule has 6 aromatic heterocycles. The minimum atomic E-state index is 0.348. The molecule has 10 rings (SSSR count). The summed E-state index contributed by atoms with van der Waals surface area (Å²) in [5, 5.41) is 40.0. The Hall–Kier alpha value is -9.68. The summed E-state index contributed by atoms with van der Waals surface area (Å²) in [5.74, 6) is 2.89. The summed E-state index contributed by atoms with van der Waals surface area (Å²) in [6.07, 6.45) is 10.2. The highest BCUT2D eigenvalue weighted by atomic mass is 16.5. The molecule has 332 valence electrons. The van der Waals surface area contributed by atoms with Crippen LogP contribution in [0.25, 0.3) is 44.6 Å². The Labute approximate surface area is 389 Å². The van der Waals surface area contributed by atoms with Crippen LogP contribution < -0.4 is 20.1 Å². The van der Waals surface area contributed by atoms with Crippen LogP contribution in [0.5, 0.6) is 23.3 Å². The van der Waals surface area contributed by atoms with Crippen molar-refractivity contribution >= 4 is 45.6 Å². The second-order valence-electron chi connectivity index (χ2n) is 15.7. The predicted molar refractivity (Wildman–Crippen MR) is 256 cm³/mol. The van der Waals surface area contributed by atoms with E-state index >= 15 is 0 Å². The smallest absolute Gasteiger partial charge is 0.252 e. The number of fused-ring (bicyclic) bond motifs is 2. The van der Waals surface area contributed by atoms with Gasteiger partial charge in [-0.25, -0.2) is 9.97 Å². The third kappa shape index (κ3) is 9.27. The van der Waals surface area contributed by atoms with Crippen LogP contribution in [0.1, 0.15) is 33.4 Å². The van der Waals surface area contributed by atoms with Gasteiger partial charge in [-0.2, -0.15) is 50.9 Å². The highest BCUT2D eigenvalue weighted by molar-refractivity contribution is 5.80. The molecular weight excluding hydrogens is 857 g/mol. The van der Waals surface area contributed by atoms with E-state index in [1.54, 1.807) is 86.0 Å². The summed E-state index contributed by atoms with van der Waals surface area (Å²) < 4.78 is 16.4. The Morgan fingerprint density at radius 2 is 0.985 bits per heavy atom. The second-order valence-corrected chi connectivity index (χ2v) is 15.7. The van der Waals surface area contributed by atoms with Crippen LogP contribution in [0.3, 0.4) is 0 Å². The van der Waals surface area contributed by atoms with Gasteiger partial charge < -0.3 is 29.2 Å². The molecule has 18 heteroatoms. The lowest BCUT2D eigenvalue weighted by atomic mass is 10.0. The molecule has 0 saturated heterocycles. The van der Waals surface area contributed by atoms with Crippen LogP contribution in [0.15, 0.2) is 122 Å². The number of aromatic nitrogens is 12. The van der Waals surface area contributed by atoms with Gasteiger partial charge in [0.25, 0.3) is 11.8 Å². The first kappa shape index (κ1) is 43.6. The quantitative estimate of drug-likeness (QED) is 0.130. The zero-order chi connectivity index (χ0) is 47.3. The van der Waals surface area contributed by atoms with Crippen molar-refractivity contribution in [2.75, 3.05) is 10.6 Å². The molecule has 0 aliphatic carbocycles. The van der Waals surface area contributed by atoms with E-state index < -0.39 is 0 Å². The fourth-order valence-corrected chi connectivity index (χ4v) is 7.44. The summed E-state index contributed by atoms with van der Waals surface area (Å²) in [6, 6.07) is 30.4. The molecule has 0 bridgehead atoms. The van der Waals surface area contributed by atoms with Crippen molar-refractivity contribution in [1.29, 1.82) is 10.5 Å². The van der Waals surface area contributed by atoms with Gasteiger partial charge in [-0.05, 0) is 146 Å². The van der Waals surface area contributed by atoms with Crippen LogP contribution in [-0.4, -0.2) is 59.4 Å². The lowest BCUT2D eigenvalue weighted by Crippen LogP contribution is -2.03. The molecule has 0 radical (unpaired) electrons. The van der Waals surface area contributed by atoms with E-state index in [4.69, 9.17) is 20.0 Å². The van der Waals surface area contributed by atoms with E-state index in [0.29, 0.717) is 62.9 Å². The van der Waals surface area contributed by atoms with Crippen molar-refractivity contribution < 1.29 is 9.47 Å². The maximum atomic E-state index is 9.02. The molecule has 0 fully saturated rings. The van der Waals surface area contributed by atoms with Gasteiger partial charge in [-0.15, -0.1) is 0 Å². The fraction of sp³-hybridized carbons (Fsp3) is 0.120. The van der Waals surface area contributed by atoms with Gasteiger partial charge >= 0.3 is 0 Å².